The fourth-order valence-electron chi connectivity index (χ4n) is 2.53. The Morgan fingerprint density at radius 3 is 2.86 bits per heavy atom. The van der Waals surface area contributed by atoms with Gasteiger partial charge in [0.2, 0.25) is 0 Å². The Kier molecular flexibility index (Phi) is 2.94. The first kappa shape index (κ1) is 12.8. The fourth-order valence-corrected chi connectivity index (χ4v) is 3.67. The van der Waals surface area contributed by atoms with Crippen LogP contribution in [0.1, 0.15) is 5.56 Å². The molecule has 0 radical (unpaired) electrons. The number of fused-ring (bicyclic) bond motifs is 2. The number of epoxide rings is 1. The second-order valence-corrected chi connectivity index (χ2v) is 6.34. The number of hydrogen-bond acceptors (Lipinski definition) is 4. The van der Waals surface area contributed by atoms with Gasteiger partial charge in [-0.1, -0.05) is 12.1 Å². The van der Waals surface area contributed by atoms with E-state index in [1.165, 1.54) is 0 Å². The average molecular weight is 298 g/mol. The summed E-state index contributed by atoms with van der Waals surface area (Å²) >= 11 is 1.64. The first-order valence-corrected chi connectivity index (χ1v) is 7.75. The highest BCUT2D eigenvalue weighted by Gasteiger charge is 2.23. The second kappa shape index (κ2) is 4.83. The van der Waals surface area contributed by atoms with Crippen LogP contribution in [0.4, 0.5) is 0 Å². The number of benzene rings is 2. The molecule has 106 valence electrons. The van der Waals surface area contributed by atoms with Gasteiger partial charge in [0.15, 0.2) is 5.43 Å². The molecule has 1 aliphatic heterocycles. The van der Waals surface area contributed by atoms with Gasteiger partial charge >= 0.3 is 0 Å². The van der Waals surface area contributed by atoms with Crippen LogP contribution >= 0.6 is 11.3 Å². The largest absolute Gasteiger partial charge is 0.490 e. The molecule has 4 rings (SSSR count). The predicted molar refractivity (Wildman–Crippen MR) is 85.6 cm³/mol. The molecular formula is C17H14O3S. The molecule has 4 heteroatoms. The van der Waals surface area contributed by atoms with Crippen molar-refractivity contribution in [1.82, 2.24) is 0 Å². The third-order valence-corrected chi connectivity index (χ3v) is 4.92. The Morgan fingerprint density at radius 2 is 2.05 bits per heavy atom. The van der Waals surface area contributed by atoms with Crippen LogP contribution in [0.15, 0.2) is 41.2 Å². The summed E-state index contributed by atoms with van der Waals surface area (Å²) in [6, 6.07) is 11.7. The average Bonchev–Trinajstić information content (AvgIpc) is 3.31. The lowest BCUT2D eigenvalue weighted by molar-refractivity contribution is 0.262. The molecule has 2 aromatic carbocycles. The summed E-state index contributed by atoms with van der Waals surface area (Å²) in [6.07, 6.45) is 0.214. The van der Waals surface area contributed by atoms with Crippen LogP contribution in [-0.2, 0) is 4.74 Å². The highest BCUT2D eigenvalue weighted by molar-refractivity contribution is 7.24. The fraction of sp³-hybridized carbons (Fsp3) is 0.235. The van der Waals surface area contributed by atoms with Crippen molar-refractivity contribution in [2.75, 3.05) is 13.2 Å². The van der Waals surface area contributed by atoms with E-state index in [9.17, 15) is 4.79 Å². The van der Waals surface area contributed by atoms with E-state index in [2.05, 4.69) is 0 Å². The van der Waals surface area contributed by atoms with Gasteiger partial charge in [0, 0.05) is 25.7 Å². The van der Waals surface area contributed by atoms with Crippen LogP contribution in [0.5, 0.6) is 5.75 Å². The van der Waals surface area contributed by atoms with Crippen molar-refractivity contribution in [3.05, 3.63) is 52.2 Å². The monoisotopic (exact) mass is 298 g/mol. The van der Waals surface area contributed by atoms with Crippen LogP contribution in [0.2, 0.25) is 0 Å². The maximum atomic E-state index is 12.7. The maximum Gasteiger partial charge on any atom is 0.196 e. The van der Waals surface area contributed by atoms with Gasteiger partial charge in [-0.2, -0.15) is 0 Å². The minimum atomic E-state index is 0.0879. The molecule has 0 N–H and O–H groups in total. The van der Waals surface area contributed by atoms with Gasteiger partial charge in [-0.3, -0.25) is 4.79 Å². The molecule has 2 heterocycles. The van der Waals surface area contributed by atoms with E-state index in [-0.39, 0.29) is 11.5 Å². The summed E-state index contributed by atoms with van der Waals surface area (Å²) in [6.45, 7) is 3.28. The van der Waals surface area contributed by atoms with Gasteiger partial charge < -0.3 is 9.47 Å². The standard InChI is InChI=1S/C17H14O3S/c1-10-13(20-9-11-8-19-11)6-7-15-16(10)17(18)12-4-2-3-5-14(12)21-15/h2-7,11H,8-9H2,1H3. The number of ether oxygens (including phenoxy) is 2. The van der Waals surface area contributed by atoms with Crippen molar-refractivity contribution in [1.29, 1.82) is 0 Å². The minimum Gasteiger partial charge on any atom is -0.490 e. The third kappa shape index (κ3) is 2.20. The molecular weight excluding hydrogens is 284 g/mol. The number of rotatable bonds is 3. The molecule has 3 nitrogen and oxygen atoms in total. The summed E-state index contributed by atoms with van der Waals surface area (Å²) < 4.78 is 13.0. The number of hydrogen-bond donors (Lipinski definition) is 0. The molecule has 1 aromatic heterocycles. The molecule has 1 aliphatic rings. The lowest BCUT2D eigenvalue weighted by atomic mass is 10.1. The topological polar surface area (TPSA) is 38.8 Å². The molecule has 1 fully saturated rings. The number of aryl methyl sites for hydroxylation is 1. The second-order valence-electron chi connectivity index (χ2n) is 5.26. The first-order valence-electron chi connectivity index (χ1n) is 6.93. The zero-order valence-corrected chi connectivity index (χ0v) is 12.4. The van der Waals surface area contributed by atoms with E-state index in [1.807, 2.05) is 43.3 Å². The van der Waals surface area contributed by atoms with Gasteiger partial charge in [0.25, 0.3) is 0 Å². The van der Waals surface area contributed by atoms with Gasteiger partial charge in [0.1, 0.15) is 18.5 Å². The zero-order chi connectivity index (χ0) is 14.4. The minimum absolute atomic E-state index is 0.0879. The summed E-state index contributed by atoms with van der Waals surface area (Å²) in [5.41, 5.74) is 1.00. The molecule has 0 saturated carbocycles. The van der Waals surface area contributed by atoms with Gasteiger partial charge in [-0.05, 0) is 31.2 Å². The molecule has 1 unspecified atom stereocenters. The van der Waals surface area contributed by atoms with Crippen LogP contribution < -0.4 is 10.2 Å². The van der Waals surface area contributed by atoms with Gasteiger partial charge in [-0.15, -0.1) is 11.3 Å². The predicted octanol–water partition coefficient (Wildman–Crippen LogP) is 3.50. The zero-order valence-electron chi connectivity index (χ0n) is 11.6. The Labute approximate surface area is 125 Å². The summed E-state index contributed by atoms with van der Waals surface area (Å²) in [4.78, 5) is 12.7. The molecule has 21 heavy (non-hydrogen) atoms. The summed E-state index contributed by atoms with van der Waals surface area (Å²) in [5.74, 6) is 0.776. The molecule has 0 spiro atoms. The van der Waals surface area contributed by atoms with E-state index in [1.54, 1.807) is 11.3 Å². The Bertz CT molecular complexity index is 894. The van der Waals surface area contributed by atoms with E-state index in [0.29, 0.717) is 6.61 Å². The van der Waals surface area contributed by atoms with Crippen LogP contribution in [-0.4, -0.2) is 19.3 Å². The first-order chi connectivity index (χ1) is 10.2. The van der Waals surface area contributed by atoms with Crippen LogP contribution in [0.25, 0.3) is 20.2 Å². The third-order valence-electron chi connectivity index (χ3n) is 3.78. The Balaban J connectivity index is 1.92. The van der Waals surface area contributed by atoms with E-state index < -0.39 is 0 Å². The molecule has 1 atom stereocenters. The molecule has 0 amide bonds. The van der Waals surface area contributed by atoms with E-state index in [4.69, 9.17) is 9.47 Å². The molecule has 1 saturated heterocycles. The van der Waals surface area contributed by atoms with Crippen molar-refractivity contribution in [3.8, 4) is 5.75 Å². The summed E-state index contributed by atoms with van der Waals surface area (Å²) in [7, 11) is 0. The smallest absolute Gasteiger partial charge is 0.196 e. The highest BCUT2D eigenvalue weighted by atomic mass is 32.1. The molecule has 3 aromatic rings. The van der Waals surface area contributed by atoms with Crippen LogP contribution in [0.3, 0.4) is 0 Å². The van der Waals surface area contributed by atoms with E-state index >= 15 is 0 Å². The highest BCUT2D eigenvalue weighted by Crippen LogP contribution is 2.31. The van der Waals surface area contributed by atoms with Gasteiger partial charge in [-0.25, -0.2) is 0 Å². The quantitative estimate of drug-likeness (QED) is 0.549. The van der Waals surface area contributed by atoms with Crippen molar-refractivity contribution in [3.63, 3.8) is 0 Å². The van der Waals surface area contributed by atoms with Crippen LogP contribution in [0, 0.1) is 6.92 Å². The van der Waals surface area contributed by atoms with Crippen molar-refractivity contribution in [2.24, 2.45) is 0 Å². The lowest BCUT2D eigenvalue weighted by Crippen LogP contribution is -2.08. The lowest BCUT2D eigenvalue weighted by Gasteiger charge is -2.10. The van der Waals surface area contributed by atoms with Crippen molar-refractivity contribution >= 4 is 31.5 Å². The normalized spacial score (nSPS) is 17.3. The van der Waals surface area contributed by atoms with E-state index in [0.717, 1.165) is 38.1 Å². The molecule has 0 bridgehead atoms. The van der Waals surface area contributed by atoms with Gasteiger partial charge in [0.05, 0.1) is 6.61 Å². The Hall–Kier alpha value is -1.91. The SMILES string of the molecule is Cc1c(OCC2CO2)ccc2sc3ccccc3c(=O)c12. The Morgan fingerprint density at radius 1 is 1.24 bits per heavy atom. The summed E-state index contributed by atoms with van der Waals surface area (Å²) in [5, 5.41) is 1.55. The molecule has 0 aliphatic carbocycles. The maximum absolute atomic E-state index is 12.7. The van der Waals surface area contributed by atoms with Crippen molar-refractivity contribution < 1.29 is 9.47 Å². The van der Waals surface area contributed by atoms with Crippen molar-refractivity contribution in [2.45, 2.75) is 13.0 Å².